The van der Waals surface area contributed by atoms with Gasteiger partial charge in [-0.1, -0.05) is 30.3 Å². The number of nitriles is 1. The molecule has 138 valence electrons. The van der Waals surface area contributed by atoms with E-state index in [9.17, 15) is 5.26 Å². The van der Waals surface area contributed by atoms with Gasteiger partial charge in [0.1, 0.15) is 24.2 Å². The molecule has 2 aromatic carbocycles. The van der Waals surface area contributed by atoms with E-state index in [0.717, 1.165) is 22.6 Å². The van der Waals surface area contributed by atoms with Crippen molar-refractivity contribution in [3.8, 4) is 23.3 Å². The van der Waals surface area contributed by atoms with Crippen LogP contribution in [0.25, 0.3) is 11.5 Å². The van der Waals surface area contributed by atoms with Gasteiger partial charge >= 0.3 is 0 Å². The number of ether oxygens (including phenoxy) is 1. The minimum absolute atomic E-state index is 0.200. The molecule has 2 heterocycles. The molecule has 6 nitrogen and oxygen atoms in total. The van der Waals surface area contributed by atoms with Gasteiger partial charge in [0.2, 0.25) is 17.5 Å². The number of hydrogen-bond acceptors (Lipinski definition) is 6. The van der Waals surface area contributed by atoms with E-state index in [1.807, 2.05) is 66.7 Å². The summed E-state index contributed by atoms with van der Waals surface area (Å²) < 4.78 is 16.8. The summed E-state index contributed by atoms with van der Waals surface area (Å²) >= 11 is 0. The number of hydrogen-bond donors (Lipinski definition) is 1. The molecule has 0 saturated carbocycles. The van der Waals surface area contributed by atoms with Crippen molar-refractivity contribution in [2.45, 2.75) is 13.2 Å². The van der Waals surface area contributed by atoms with Gasteiger partial charge < -0.3 is 18.9 Å². The maximum absolute atomic E-state index is 9.30. The zero-order valence-electron chi connectivity index (χ0n) is 15.0. The largest absolute Gasteiger partial charge is 0.489 e. The van der Waals surface area contributed by atoms with E-state index in [4.69, 9.17) is 13.6 Å². The monoisotopic (exact) mass is 371 g/mol. The number of oxazole rings is 1. The molecule has 0 aliphatic rings. The van der Waals surface area contributed by atoms with Gasteiger partial charge in [0, 0.05) is 5.56 Å². The Morgan fingerprint density at radius 1 is 1.00 bits per heavy atom. The van der Waals surface area contributed by atoms with Gasteiger partial charge in [0.25, 0.3) is 0 Å². The van der Waals surface area contributed by atoms with Gasteiger partial charge in [-0.25, -0.2) is 0 Å². The maximum Gasteiger partial charge on any atom is 0.232 e. The smallest absolute Gasteiger partial charge is 0.232 e. The predicted octanol–water partition coefficient (Wildman–Crippen LogP) is 5.00. The Labute approximate surface area is 162 Å². The molecule has 1 N–H and O–H groups in total. The fourth-order valence-electron chi connectivity index (χ4n) is 2.65. The van der Waals surface area contributed by atoms with Gasteiger partial charge in [-0.05, 0) is 42.0 Å². The van der Waals surface area contributed by atoms with Gasteiger partial charge in [0.15, 0.2) is 0 Å². The fraction of sp³-hybridized carbons (Fsp3) is 0.0909. The van der Waals surface area contributed by atoms with Crippen LogP contribution in [-0.2, 0) is 13.2 Å². The molecule has 0 spiro atoms. The van der Waals surface area contributed by atoms with Crippen LogP contribution < -0.4 is 10.1 Å². The Kier molecular flexibility index (Phi) is 5.07. The van der Waals surface area contributed by atoms with Gasteiger partial charge in [-0.2, -0.15) is 10.2 Å². The van der Waals surface area contributed by atoms with Gasteiger partial charge in [0.05, 0.1) is 12.8 Å². The molecule has 0 atom stereocenters. The van der Waals surface area contributed by atoms with Crippen LogP contribution in [0.1, 0.15) is 17.0 Å². The fourth-order valence-corrected chi connectivity index (χ4v) is 2.65. The molecule has 0 saturated heterocycles. The van der Waals surface area contributed by atoms with Crippen LogP contribution in [0.15, 0.2) is 81.8 Å². The Balaban J connectivity index is 1.44. The topological polar surface area (TPSA) is 84.2 Å². The molecule has 0 unspecified atom stereocenters. The second-order valence-corrected chi connectivity index (χ2v) is 6.04. The third-order valence-electron chi connectivity index (χ3n) is 4.09. The Morgan fingerprint density at radius 2 is 1.82 bits per heavy atom. The average Bonchev–Trinajstić information content (AvgIpc) is 3.41. The number of benzene rings is 2. The second-order valence-electron chi connectivity index (χ2n) is 6.04. The van der Waals surface area contributed by atoms with Crippen LogP contribution in [0.2, 0.25) is 0 Å². The van der Waals surface area contributed by atoms with E-state index < -0.39 is 0 Å². The summed E-state index contributed by atoms with van der Waals surface area (Å²) in [5.74, 6) is 2.17. The first-order valence-electron chi connectivity index (χ1n) is 8.76. The third kappa shape index (κ3) is 4.05. The lowest BCUT2D eigenvalue weighted by Crippen LogP contribution is -1.98. The number of rotatable bonds is 7. The molecule has 4 aromatic rings. The number of furan rings is 1. The molecule has 0 amide bonds. The van der Waals surface area contributed by atoms with E-state index in [-0.39, 0.29) is 5.69 Å². The minimum Gasteiger partial charge on any atom is -0.489 e. The molecular weight excluding hydrogens is 354 g/mol. The van der Waals surface area contributed by atoms with Crippen LogP contribution in [0.3, 0.4) is 0 Å². The standard InChI is InChI=1S/C22H17N3O3/c23-13-20-22(24-14-19-7-4-12-26-19)28-21(25-20)17-8-10-18(11-9-17)27-15-16-5-2-1-3-6-16/h1-12,24H,14-15H2. The zero-order valence-corrected chi connectivity index (χ0v) is 15.0. The highest BCUT2D eigenvalue weighted by atomic mass is 16.5. The highest BCUT2D eigenvalue weighted by molar-refractivity contribution is 5.59. The van der Waals surface area contributed by atoms with E-state index in [2.05, 4.69) is 10.3 Å². The lowest BCUT2D eigenvalue weighted by Gasteiger charge is -2.06. The molecule has 0 aliphatic carbocycles. The first-order valence-corrected chi connectivity index (χ1v) is 8.76. The van der Waals surface area contributed by atoms with Crippen molar-refractivity contribution in [2.24, 2.45) is 0 Å². The average molecular weight is 371 g/mol. The van der Waals surface area contributed by atoms with Crippen LogP contribution in [0, 0.1) is 11.3 Å². The predicted molar refractivity (Wildman–Crippen MR) is 103 cm³/mol. The number of aromatic nitrogens is 1. The van der Waals surface area contributed by atoms with E-state index in [1.54, 1.807) is 12.3 Å². The molecule has 6 heteroatoms. The van der Waals surface area contributed by atoms with Crippen LogP contribution in [0.4, 0.5) is 5.88 Å². The minimum atomic E-state index is 0.200. The van der Waals surface area contributed by atoms with Gasteiger partial charge in [-0.15, -0.1) is 0 Å². The molecule has 2 aromatic heterocycles. The van der Waals surface area contributed by atoms with Crippen molar-refractivity contribution >= 4 is 5.88 Å². The summed E-state index contributed by atoms with van der Waals surface area (Å²) in [6.07, 6.45) is 1.59. The molecule has 28 heavy (non-hydrogen) atoms. The van der Waals surface area contributed by atoms with Crippen molar-refractivity contribution in [2.75, 3.05) is 5.32 Å². The summed E-state index contributed by atoms with van der Waals surface area (Å²) in [4.78, 5) is 4.26. The lowest BCUT2D eigenvalue weighted by molar-refractivity contribution is 0.306. The molecule has 0 radical (unpaired) electrons. The SMILES string of the molecule is N#Cc1nc(-c2ccc(OCc3ccccc3)cc2)oc1NCc1ccco1. The van der Waals surface area contributed by atoms with Crippen molar-refractivity contribution < 1.29 is 13.6 Å². The second kappa shape index (κ2) is 8.14. The third-order valence-corrected chi connectivity index (χ3v) is 4.09. The quantitative estimate of drug-likeness (QED) is 0.492. The van der Waals surface area contributed by atoms with Crippen molar-refractivity contribution in [1.29, 1.82) is 5.26 Å². The summed E-state index contributed by atoms with van der Waals surface area (Å²) in [6, 6.07) is 23.1. The van der Waals surface area contributed by atoms with Crippen molar-refractivity contribution in [3.05, 3.63) is 90.0 Å². The highest BCUT2D eigenvalue weighted by Gasteiger charge is 2.15. The number of nitrogens with zero attached hydrogens (tertiary/aromatic N) is 2. The molecule has 0 bridgehead atoms. The first-order chi connectivity index (χ1) is 13.8. The van der Waals surface area contributed by atoms with E-state index in [0.29, 0.717) is 24.9 Å². The van der Waals surface area contributed by atoms with Crippen LogP contribution >= 0.6 is 0 Å². The summed E-state index contributed by atoms with van der Waals surface area (Å²) in [6.45, 7) is 0.904. The maximum atomic E-state index is 9.30. The van der Waals surface area contributed by atoms with Crippen LogP contribution in [-0.4, -0.2) is 4.98 Å². The van der Waals surface area contributed by atoms with E-state index >= 15 is 0 Å². The molecule has 0 fully saturated rings. The summed E-state index contributed by atoms with van der Waals surface area (Å²) in [7, 11) is 0. The molecule has 0 aliphatic heterocycles. The number of anilines is 1. The lowest BCUT2D eigenvalue weighted by atomic mass is 10.2. The van der Waals surface area contributed by atoms with E-state index in [1.165, 1.54) is 0 Å². The Morgan fingerprint density at radius 3 is 2.54 bits per heavy atom. The van der Waals surface area contributed by atoms with Crippen molar-refractivity contribution in [1.82, 2.24) is 4.98 Å². The van der Waals surface area contributed by atoms with Gasteiger partial charge in [-0.3, -0.25) is 0 Å². The van der Waals surface area contributed by atoms with Crippen molar-refractivity contribution in [3.63, 3.8) is 0 Å². The summed E-state index contributed by atoms with van der Waals surface area (Å²) in [5, 5.41) is 12.3. The summed E-state index contributed by atoms with van der Waals surface area (Å²) in [5.41, 5.74) is 2.06. The Bertz CT molecular complexity index is 1060. The normalized spacial score (nSPS) is 10.4. The van der Waals surface area contributed by atoms with Crippen LogP contribution in [0.5, 0.6) is 5.75 Å². The first kappa shape index (κ1) is 17.4. The Hall–Kier alpha value is -3.98. The highest BCUT2D eigenvalue weighted by Crippen LogP contribution is 2.27. The number of nitrogens with one attached hydrogen (secondary N) is 1. The molecule has 4 rings (SSSR count). The zero-order chi connectivity index (χ0) is 19.2. The molecular formula is C22H17N3O3.